The summed E-state index contributed by atoms with van der Waals surface area (Å²) >= 11 is 7.34. The van der Waals surface area contributed by atoms with Gasteiger partial charge in [-0.15, -0.1) is 0 Å². The molecular formula is C51H61ClN3O11P2+. The summed E-state index contributed by atoms with van der Waals surface area (Å²) in [6, 6.07) is 15.6. The Hall–Kier alpha value is -4.99. The zero-order valence-corrected chi connectivity index (χ0v) is 43.0. The number of carbonyl (C=O) groups is 4. The molecule has 17 heteroatoms. The van der Waals surface area contributed by atoms with Gasteiger partial charge in [-0.05, 0) is 111 Å². The number of unbranched alkanes of at least 4 members (excludes halogenated alkanes) is 3. The van der Waals surface area contributed by atoms with E-state index in [4.69, 9.17) is 46.2 Å². The van der Waals surface area contributed by atoms with Crippen LogP contribution in [0.4, 0.5) is 0 Å². The Kier molecular flexibility index (Phi) is 16.8. The van der Waals surface area contributed by atoms with Crippen LogP contribution in [0.15, 0.2) is 54.6 Å². The van der Waals surface area contributed by atoms with Crippen LogP contribution < -0.4 is 24.8 Å². The number of amides is 1. The molecule has 0 saturated carbocycles. The number of fused-ring (bicyclic) bond motifs is 8. The molecule has 0 radical (unpaired) electrons. The van der Waals surface area contributed by atoms with Crippen LogP contribution in [-0.4, -0.2) is 74.5 Å². The van der Waals surface area contributed by atoms with Crippen LogP contribution in [0.3, 0.4) is 0 Å². The number of hydrogen-bond donors (Lipinski definition) is 1. The third kappa shape index (κ3) is 11.4. The molecule has 2 heterocycles. The predicted octanol–water partition coefficient (Wildman–Crippen LogP) is 11.2. The van der Waals surface area contributed by atoms with Gasteiger partial charge < -0.3 is 38.2 Å². The first-order valence-corrected chi connectivity index (χ1v) is 26.0. The van der Waals surface area contributed by atoms with Crippen molar-refractivity contribution in [3.05, 3.63) is 98.9 Å². The van der Waals surface area contributed by atoms with Crippen molar-refractivity contribution >= 4 is 67.8 Å². The van der Waals surface area contributed by atoms with E-state index in [1.807, 2.05) is 17.8 Å². The number of rotatable bonds is 19. The van der Waals surface area contributed by atoms with Gasteiger partial charge in [-0.2, -0.15) is 0 Å². The van der Waals surface area contributed by atoms with E-state index in [9.17, 15) is 23.7 Å². The Morgan fingerprint density at radius 1 is 0.912 bits per heavy atom. The van der Waals surface area contributed by atoms with Crippen molar-refractivity contribution in [3.63, 3.8) is 0 Å². The summed E-state index contributed by atoms with van der Waals surface area (Å²) in [6.07, 6.45) is 3.37. The van der Waals surface area contributed by atoms with Gasteiger partial charge in [0.15, 0.2) is 22.4 Å². The monoisotopic (exact) mass is 988 g/mol. The van der Waals surface area contributed by atoms with E-state index in [1.165, 1.54) is 0 Å². The van der Waals surface area contributed by atoms with Crippen LogP contribution >= 0.6 is 27.9 Å². The van der Waals surface area contributed by atoms with Crippen molar-refractivity contribution in [1.29, 1.82) is 0 Å². The summed E-state index contributed by atoms with van der Waals surface area (Å²) in [6.45, 7) is 24.6. The molecule has 4 aromatic rings. The van der Waals surface area contributed by atoms with Gasteiger partial charge in [0.25, 0.3) is 8.53 Å². The third-order valence-corrected chi connectivity index (χ3v) is 14.8. The number of benzene rings is 4. The maximum absolute atomic E-state index is 14.1. The quantitative estimate of drug-likeness (QED) is 0.0312. The lowest BCUT2D eigenvalue weighted by molar-refractivity contribution is -0.143. The fourth-order valence-corrected chi connectivity index (χ4v) is 9.84. The topological polar surface area (TPSA) is 160 Å². The lowest BCUT2D eigenvalue weighted by Crippen LogP contribution is -2.34. The van der Waals surface area contributed by atoms with E-state index >= 15 is 0 Å². The fourth-order valence-electron chi connectivity index (χ4n) is 7.61. The highest BCUT2D eigenvalue weighted by atomic mass is 35.5. The van der Waals surface area contributed by atoms with Crippen LogP contribution in [-0.2, 0) is 44.8 Å². The number of carbonyl (C=O) groups excluding carboxylic acids is 4. The first-order valence-electron chi connectivity index (χ1n) is 22.8. The number of nitrogens with zero attached hydrogens (tertiary/aromatic N) is 2. The van der Waals surface area contributed by atoms with Crippen molar-refractivity contribution in [2.24, 2.45) is 10.8 Å². The predicted molar refractivity (Wildman–Crippen MR) is 264 cm³/mol. The van der Waals surface area contributed by atoms with Gasteiger partial charge in [0, 0.05) is 47.7 Å². The van der Waals surface area contributed by atoms with Gasteiger partial charge in [-0.25, -0.2) is 16.0 Å². The highest BCUT2D eigenvalue weighted by Crippen LogP contribution is 2.62. The minimum Gasteiger partial charge on any atom is -0.455 e. The molecular weight excluding hydrogens is 928 g/mol. The molecule has 0 fully saturated rings. The minimum atomic E-state index is -1.87. The summed E-state index contributed by atoms with van der Waals surface area (Å²) in [5.74, 6) is -1.62. The second kappa shape index (κ2) is 21.8. The molecule has 362 valence electrons. The zero-order valence-electron chi connectivity index (χ0n) is 40.5. The maximum Gasteiger partial charge on any atom is 0.373 e. The van der Waals surface area contributed by atoms with E-state index in [1.54, 1.807) is 96.7 Å². The van der Waals surface area contributed by atoms with Crippen LogP contribution in [0.5, 0.6) is 23.0 Å². The normalized spacial score (nSPS) is 15.8. The standard InChI is InChI=1S/C51H60ClN3O11P2/c1-31(2)55(10)68(62-27-25-53-9)61-26-17-13-12-16-24-54-41(56)23-20-32-28-38-45(43(52)44(32)65-48(59)50(6,7)8)63-40-30-39(64-47(58)49(3,4)5)34-18-14-15-19-35(34)42(40)51(38)37-29-33(67(11)60)21-22-36(37)46(57)66-51/h14-15,18-19,21-22,28-31H,12-13,16-17,20,23-27H2,1-8,10-11H3/p+1. The zero-order chi connectivity index (χ0) is 49.7. The average Bonchev–Trinajstić information content (AvgIpc) is 3.56. The Balaban J connectivity index is 1.32. The van der Waals surface area contributed by atoms with E-state index in [0.717, 1.165) is 25.7 Å². The maximum atomic E-state index is 14.1. The molecule has 3 unspecified atom stereocenters. The molecule has 6 rings (SSSR count). The molecule has 0 saturated heterocycles. The van der Waals surface area contributed by atoms with Crippen molar-refractivity contribution in [3.8, 4) is 23.0 Å². The SMILES string of the molecule is [C-]#[N+]CCOP(OCCCCCCNC(=O)CCc1cc2c(c(Cl)c1OC(=O)C(C)(C)C)Oc1cc(OC(=O)C(C)(C)C)c3ccccc3c1C21OC(=O)c2ccc([P+](C)=O)cc21)N(C)C(C)C. The number of halogens is 1. The van der Waals surface area contributed by atoms with Gasteiger partial charge in [-0.3, -0.25) is 14.4 Å². The van der Waals surface area contributed by atoms with Gasteiger partial charge in [-0.1, -0.05) is 53.3 Å². The number of ether oxygens (including phenoxy) is 4. The number of hydrogen-bond acceptors (Lipinski definition) is 12. The molecule has 1 spiro atoms. The molecule has 3 atom stereocenters. The molecule has 0 aromatic heterocycles. The largest absolute Gasteiger partial charge is 0.455 e. The number of esters is 3. The Morgan fingerprint density at radius 3 is 2.24 bits per heavy atom. The summed E-state index contributed by atoms with van der Waals surface area (Å²) < 4.78 is 52.4. The molecule has 2 aliphatic heterocycles. The van der Waals surface area contributed by atoms with Crippen molar-refractivity contribution in [1.82, 2.24) is 9.99 Å². The van der Waals surface area contributed by atoms with Gasteiger partial charge in [0.1, 0.15) is 29.8 Å². The van der Waals surface area contributed by atoms with Crippen LogP contribution in [0.25, 0.3) is 15.6 Å². The molecule has 4 aromatic carbocycles. The molecule has 2 aliphatic rings. The fraction of sp³-hybridized carbons (Fsp3) is 0.471. The average molecular weight is 989 g/mol. The Morgan fingerprint density at radius 2 is 1.57 bits per heavy atom. The highest BCUT2D eigenvalue weighted by molar-refractivity contribution is 7.52. The summed E-state index contributed by atoms with van der Waals surface area (Å²) in [7, 11) is -1.18. The van der Waals surface area contributed by atoms with Crippen LogP contribution in [0.2, 0.25) is 5.02 Å². The highest BCUT2D eigenvalue weighted by Gasteiger charge is 2.56. The van der Waals surface area contributed by atoms with Gasteiger partial charge >= 0.3 is 25.7 Å². The Bertz CT molecular complexity index is 2650. The summed E-state index contributed by atoms with van der Waals surface area (Å²) in [5.41, 5.74) is -1.86. The van der Waals surface area contributed by atoms with Gasteiger partial charge in [0.05, 0.1) is 28.6 Å². The van der Waals surface area contributed by atoms with Crippen molar-refractivity contribution in [2.45, 2.75) is 106 Å². The van der Waals surface area contributed by atoms with E-state index in [2.05, 4.69) is 24.0 Å². The van der Waals surface area contributed by atoms with E-state index < -0.39 is 50.7 Å². The smallest absolute Gasteiger partial charge is 0.373 e. The molecule has 0 bridgehead atoms. The molecule has 0 aliphatic carbocycles. The first-order chi connectivity index (χ1) is 32.1. The molecule has 14 nitrogen and oxygen atoms in total. The van der Waals surface area contributed by atoms with Crippen molar-refractivity contribution < 1.29 is 51.7 Å². The second-order valence-corrected chi connectivity index (χ2v) is 22.8. The van der Waals surface area contributed by atoms with E-state index in [0.29, 0.717) is 58.1 Å². The molecule has 1 N–H and O–H groups in total. The van der Waals surface area contributed by atoms with Crippen LogP contribution in [0, 0.1) is 17.4 Å². The first kappa shape index (κ1) is 52.4. The van der Waals surface area contributed by atoms with E-state index in [-0.39, 0.29) is 64.9 Å². The number of nitrogens with one attached hydrogen (secondary N) is 1. The minimum absolute atomic E-state index is 0.00382. The Labute approximate surface area is 406 Å². The van der Waals surface area contributed by atoms with Crippen molar-refractivity contribution in [2.75, 3.05) is 40.0 Å². The second-order valence-electron chi connectivity index (χ2n) is 19.2. The van der Waals surface area contributed by atoms with Gasteiger partial charge in [0.2, 0.25) is 12.5 Å². The van der Waals surface area contributed by atoms with Crippen LogP contribution in [0.1, 0.15) is 120 Å². The summed E-state index contributed by atoms with van der Waals surface area (Å²) in [4.78, 5) is 58.0. The lowest BCUT2D eigenvalue weighted by Gasteiger charge is -2.38. The summed E-state index contributed by atoms with van der Waals surface area (Å²) in [5, 5.41) is 4.45. The lowest BCUT2D eigenvalue weighted by atomic mass is 9.75. The molecule has 68 heavy (non-hydrogen) atoms. The number of aryl methyl sites for hydroxylation is 1. The third-order valence-electron chi connectivity index (χ3n) is 11.6. The molecule has 1 amide bonds.